The van der Waals surface area contributed by atoms with E-state index >= 15 is 0 Å². The largest absolute Gasteiger partial charge is 0.453 e. The Kier molecular flexibility index (Phi) is 6.03. The standard InChI is InChI=1S/C17H20F3N3O5S/c1-28-17(25)23-6-2-3-12(23)16(24)21-7-9-22(10-8-21)29(26,27)13-5-4-11(18)14(19)15(13)20/h4-5,12H,2-3,6-10H2,1H3. The second kappa shape index (κ2) is 8.19. The van der Waals surface area contributed by atoms with Crippen molar-refractivity contribution in [3.05, 3.63) is 29.6 Å². The van der Waals surface area contributed by atoms with E-state index in [1.807, 2.05) is 0 Å². The van der Waals surface area contributed by atoms with Gasteiger partial charge in [-0.25, -0.2) is 26.4 Å². The third-order valence-electron chi connectivity index (χ3n) is 5.11. The van der Waals surface area contributed by atoms with Gasteiger partial charge in [0.05, 0.1) is 7.11 Å². The normalized spacial score (nSPS) is 20.8. The van der Waals surface area contributed by atoms with Crippen LogP contribution in [0.5, 0.6) is 0 Å². The summed E-state index contributed by atoms with van der Waals surface area (Å²) in [6.07, 6.45) is 0.526. The summed E-state index contributed by atoms with van der Waals surface area (Å²) in [6, 6.07) is 0.550. The monoisotopic (exact) mass is 435 g/mol. The molecule has 0 aliphatic carbocycles. The molecule has 0 spiro atoms. The number of hydrogen-bond acceptors (Lipinski definition) is 5. The van der Waals surface area contributed by atoms with Gasteiger partial charge < -0.3 is 9.64 Å². The highest BCUT2D eigenvalue weighted by atomic mass is 32.2. The number of carbonyl (C=O) groups is 2. The predicted molar refractivity (Wildman–Crippen MR) is 93.8 cm³/mol. The van der Waals surface area contributed by atoms with E-state index in [4.69, 9.17) is 0 Å². The van der Waals surface area contributed by atoms with Gasteiger partial charge in [-0.2, -0.15) is 4.31 Å². The minimum Gasteiger partial charge on any atom is -0.453 e. The number of rotatable bonds is 3. The molecule has 0 bridgehead atoms. The summed E-state index contributed by atoms with van der Waals surface area (Å²) in [5.41, 5.74) is 0. The molecule has 29 heavy (non-hydrogen) atoms. The van der Waals surface area contributed by atoms with Crippen molar-refractivity contribution in [3.8, 4) is 0 Å². The van der Waals surface area contributed by atoms with Crippen LogP contribution in [-0.2, 0) is 19.6 Å². The molecule has 1 atom stereocenters. The fourth-order valence-corrected chi connectivity index (χ4v) is 5.04. The van der Waals surface area contributed by atoms with Gasteiger partial charge in [-0.3, -0.25) is 9.69 Å². The molecular weight excluding hydrogens is 415 g/mol. The molecule has 3 rings (SSSR count). The third kappa shape index (κ3) is 3.90. The number of benzene rings is 1. The minimum absolute atomic E-state index is 0.0227. The number of methoxy groups -OCH3 is 1. The lowest BCUT2D eigenvalue weighted by atomic mass is 10.2. The number of sulfonamides is 1. The molecule has 2 amide bonds. The van der Waals surface area contributed by atoms with Crippen LogP contribution >= 0.6 is 0 Å². The lowest BCUT2D eigenvalue weighted by molar-refractivity contribution is -0.136. The number of ether oxygens (including phenoxy) is 1. The first kappa shape index (κ1) is 21.4. The van der Waals surface area contributed by atoms with Gasteiger partial charge in [0.25, 0.3) is 0 Å². The van der Waals surface area contributed by atoms with Crippen molar-refractivity contribution in [1.82, 2.24) is 14.1 Å². The van der Waals surface area contributed by atoms with Crippen LogP contribution in [-0.4, -0.2) is 80.4 Å². The maximum Gasteiger partial charge on any atom is 0.410 e. The third-order valence-corrected chi connectivity index (χ3v) is 7.03. The molecule has 0 aromatic heterocycles. The van der Waals surface area contributed by atoms with E-state index in [9.17, 15) is 31.2 Å². The Bertz CT molecular complexity index is 919. The van der Waals surface area contributed by atoms with Crippen LogP contribution in [0.1, 0.15) is 12.8 Å². The van der Waals surface area contributed by atoms with Crippen LogP contribution in [0.2, 0.25) is 0 Å². The lowest BCUT2D eigenvalue weighted by Gasteiger charge is -2.36. The predicted octanol–water partition coefficient (Wildman–Crippen LogP) is 1.17. The number of likely N-dealkylation sites (tertiary alicyclic amines) is 1. The zero-order valence-electron chi connectivity index (χ0n) is 15.6. The average molecular weight is 435 g/mol. The molecule has 0 N–H and O–H groups in total. The fourth-order valence-electron chi connectivity index (χ4n) is 3.57. The van der Waals surface area contributed by atoms with Gasteiger partial charge in [0.15, 0.2) is 17.5 Å². The summed E-state index contributed by atoms with van der Waals surface area (Å²) >= 11 is 0. The van der Waals surface area contributed by atoms with Crippen molar-refractivity contribution >= 4 is 22.0 Å². The van der Waals surface area contributed by atoms with E-state index in [-0.39, 0.29) is 32.1 Å². The van der Waals surface area contributed by atoms with Crippen LogP contribution in [0.4, 0.5) is 18.0 Å². The van der Waals surface area contributed by atoms with Gasteiger partial charge in [-0.1, -0.05) is 0 Å². The quantitative estimate of drug-likeness (QED) is 0.666. The molecule has 0 radical (unpaired) electrons. The zero-order valence-corrected chi connectivity index (χ0v) is 16.4. The highest BCUT2D eigenvalue weighted by Gasteiger charge is 2.39. The summed E-state index contributed by atoms with van der Waals surface area (Å²) < 4.78 is 71.3. The average Bonchev–Trinajstić information content (AvgIpc) is 3.20. The molecular formula is C17H20F3N3O5S. The van der Waals surface area contributed by atoms with Gasteiger partial charge in [-0.05, 0) is 25.0 Å². The Morgan fingerprint density at radius 1 is 1.03 bits per heavy atom. The molecule has 2 fully saturated rings. The van der Waals surface area contributed by atoms with E-state index in [1.165, 1.54) is 16.9 Å². The maximum absolute atomic E-state index is 13.9. The Hall–Kier alpha value is -2.34. The molecule has 2 saturated heterocycles. The van der Waals surface area contributed by atoms with Crippen LogP contribution < -0.4 is 0 Å². The van der Waals surface area contributed by atoms with Crippen LogP contribution in [0, 0.1) is 17.5 Å². The van der Waals surface area contributed by atoms with Crippen molar-refractivity contribution < 1.29 is 35.9 Å². The number of halogens is 3. The Morgan fingerprint density at radius 3 is 2.31 bits per heavy atom. The van der Waals surface area contributed by atoms with Gasteiger partial charge in [0, 0.05) is 32.7 Å². The van der Waals surface area contributed by atoms with Crippen molar-refractivity contribution in [2.24, 2.45) is 0 Å². The first-order valence-corrected chi connectivity index (χ1v) is 10.4. The molecule has 0 saturated carbocycles. The molecule has 1 aromatic rings. The van der Waals surface area contributed by atoms with Crippen molar-refractivity contribution in [3.63, 3.8) is 0 Å². The molecule has 1 unspecified atom stereocenters. The summed E-state index contributed by atoms with van der Waals surface area (Å²) in [5.74, 6) is -5.43. The number of hydrogen-bond donors (Lipinski definition) is 0. The van der Waals surface area contributed by atoms with Crippen LogP contribution in [0.25, 0.3) is 0 Å². The van der Waals surface area contributed by atoms with Crippen molar-refractivity contribution in [2.75, 3.05) is 39.8 Å². The highest BCUT2D eigenvalue weighted by Crippen LogP contribution is 2.25. The van der Waals surface area contributed by atoms with E-state index in [0.717, 1.165) is 4.31 Å². The number of nitrogens with zero attached hydrogens (tertiary/aromatic N) is 3. The molecule has 1 aromatic carbocycles. The minimum atomic E-state index is -4.40. The Balaban J connectivity index is 1.69. The van der Waals surface area contributed by atoms with Gasteiger partial charge in [0.1, 0.15) is 10.9 Å². The lowest BCUT2D eigenvalue weighted by Crippen LogP contribution is -2.55. The van der Waals surface area contributed by atoms with E-state index in [0.29, 0.717) is 31.5 Å². The summed E-state index contributed by atoms with van der Waals surface area (Å²) in [5, 5.41) is 0. The second-order valence-corrected chi connectivity index (χ2v) is 8.63. The van der Waals surface area contributed by atoms with E-state index in [1.54, 1.807) is 0 Å². The van der Waals surface area contributed by atoms with Crippen LogP contribution in [0.3, 0.4) is 0 Å². The molecule has 2 aliphatic rings. The highest BCUT2D eigenvalue weighted by molar-refractivity contribution is 7.89. The van der Waals surface area contributed by atoms with E-state index in [2.05, 4.69) is 4.74 Å². The number of carbonyl (C=O) groups excluding carboxylic acids is 2. The first-order valence-electron chi connectivity index (χ1n) is 8.95. The zero-order chi connectivity index (χ0) is 21.3. The number of piperazine rings is 1. The summed E-state index contributed by atoms with van der Waals surface area (Å²) in [7, 11) is -3.17. The van der Waals surface area contributed by atoms with Crippen LogP contribution in [0.15, 0.2) is 17.0 Å². The van der Waals surface area contributed by atoms with E-state index < -0.39 is 44.5 Å². The van der Waals surface area contributed by atoms with Crippen molar-refractivity contribution in [1.29, 1.82) is 0 Å². The van der Waals surface area contributed by atoms with Gasteiger partial charge in [0.2, 0.25) is 15.9 Å². The first-order chi connectivity index (χ1) is 13.7. The second-order valence-electron chi connectivity index (χ2n) is 6.72. The molecule has 2 heterocycles. The van der Waals surface area contributed by atoms with Gasteiger partial charge in [-0.15, -0.1) is 0 Å². The molecule has 12 heteroatoms. The topological polar surface area (TPSA) is 87.2 Å². The molecule has 2 aliphatic heterocycles. The molecule has 160 valence electrons. The Morgan fingerprint density at radius 2 is 1.69 bits per heavy atom. The molecule has 8 nitrogen and oxygen atoms in total. The summed E-state index contributed by atoms with van der Waals surface area (Å²) in [4.78, 5) is 26.3. The maximum atomic E-state index is 13.9. The fraction of sp³-hybridized carbons (Fsp3) is 0.529. The van der Waals surface area contributed by atoms with Gasteiger partial charge >= 0.3 is 6.09 Å². The number of amides is 2. The summed E-state index contributed by atoms with van der Waals surface area (Å²) in [6.45, 7) is 0.158. The van der Waals surface area contributed by atoms with Crippen molar-refractivity contribution in [2.45, 2.75) is 23.8 Å². The smallest absolute Gasteiger partial charge is 0.410 e. The SMILES string of the molecule is COC(=O)N1CCCC1C(=O)N1CCN(S(=O)(=O)c2ccc(F)c(F)c2F)CC1. The Labute approximate surface area is 165 Å².